The molecule has 2 N–H and O–H groups in total. The molecule has 1 atom stereocenters. The second kappa shape index (κ2) is 7.99. The van der Waals surface area contributed by atoms with Crippen molar-refractivity contribution in [3.05, 3.63) is 65.5 Å². The second-order valence-electron chi connectivity index (χ2n) is 5.69. The molecule has 26 heavy (non-hydrogen) atoms. The van der Waals surface area contributed by atoms with E-state index in [4.69, 9.17) is 0 Å². The topological polar surface area (TPSA) is 58.2 Å². The van der Waals surface area contributed by atoms with Gasteiger partial charge in [0.15, 0.2) is 0 Å². The lowest BCUT2D eigenvalue weighted by molar-refractivity contribution is -0.140. The fourth-order valence-electron chi connectivity index (χ4n) is 2.26. The molecule has 1 unspecified atom stereocenters. The Morgan fingerprint density at radius 1 is 1.08 bits per heavy atom. The van der Waals surface area contributed by atoms with Crippen molar-refractivity contribution in [2.24, 2.45) is 0 Å². The maximum atomic E-state index is 13.2. The number of halogens is 4. The van der Waals surface area contributed by atoms with Crippen molar-refractivity contribution in [1.82, 2.24) is 5.32 Å². The SMILES string of the molecule is CC(CC(=O)Nc1ccc(F)c(C(F)(F)F)c1)NC(=O)c1ccccc1. The molecule has 4 nitrogen and oxygen atoms in total. The number of alkyl halides is 3. The predicted molar refractivity (Wildman–Crippen MR) is 88.0 cm³/mol. The highest BCUT2D eigenvalue weighted by molar-refractivity contribution is 5.95. The quantitative estimate of drug-likeness (QED) is 0.784. The molecule has 0 spiro atoms. The first kappa shape index (κ1) is 19.4. The fraction of sp³-hybridized carbons (Fsp3) is 0.222. The molecule has 138 valence electrons. The van der Waals surface area contributed by atoms with Gasteiger partial charge in [-0.05, 0) is 37.3 Å². The lowest BCUT2D eigenvalue weighted by atomic mass is 10.1. The van der Waals surface area contributed by atoms with Gasteiger partial charge in [-0.25, -0.2) is 4.39 Å². The van der Waals surface area contributed by atoms with E-state index in [9.17, 15) is 27.2 Å². The summed E-state index contributed by atoms with van der Waals surface area (Å²) >= 11 is 0. The third kappa shape index (κ3) is 5.30. The number of benzene rings is 2. The van der Waals surface area contributed by atoms with Crippen LogP contribution in [0.25, 0.3) is 0 Å². The number of carbonyl (C=O) groups excluding carboxylic acids is 2. The molecule has 0 aliphatic carbocycles. The largest absolute Gasteiger partial charge is 0.419 e. The molecule has 0 saturated heterocycles. The minimum absolute atomic E-state index is 0.155. The van der Waals surface area contributed by atoms with Crippen LogP contribution in [0.4, 0.5) is 23.2 Å². The summed E-state index contributed by atoms with van der Waals surface area (Å²) in [6.45, 7) is 1.59. The van der Waals surface area contributed by atoms with Gasteiger partial charge in [-0.3, -0.25) is 9.59 Å². The molecule has 0 aliphatic heterocycles. The lowest BCUT2D eigenvalue weighted by Crippen LogP contribution is -2.35. The molecule has 0 radical (unpaired) electrons. The van der Waals surface area contributed by atoms with Crippen molar-refractivity contribution in [2.45, 2.75) is 25.6 Å². The number of rotatable bonds is 5. The Labute approximate surface area is 147 Å². The molecular weight excluding hydrogens is 352 g/mol. The number of anilines is 1. The smallest absolute Gasteiger partial charge is 0.349 e. The van der Waals surface area contributed by atoms with Crippen LogP contribution in [0.1, 0.15) is 29.3 Å². The van der Waals surface area contributed by atoms with Crippen LogP contribution in [-0.4, -0.2) is 17.9 Å². The molecule has 2 aromatic rings. The van der Waals surface area contributed by atoms with Gasteiger partial charge in [0.2, 0.25) is 5.91 Å². The van der Waals surface area contributed by atoms with Crippen LogP contribution in [0, 0.1) is 5.82 Å². The maximum Gasteiger partial charge on any atom is 0.419 e. The minimum Gasteiger partial charge on any atom is -0.349 e. The molecule has 2 aromatic carbocycles. The van der Waals surface area contributed by atoms with Crippen LogP contribution in [0.3, 0.4) is 0 Å². The summed E-state index contributed by atoms with van der Waals surface area (Å²) in [4.78, 5) is 23.9. The van der Waals surface area contributed by atoms with Crippen LogP contribution in [0.15, 0.2) is 48.5 Å². The van der Waals surface area contributed by atoms with E-state index in [0.29, 0.717) is 17.7 Å². The maximum absolute atomic E-state index is 13.2. The summed E-state index contributed by atoms with van der Waals surface area (Å²) in [5.74, 6) is -2.39. The van der Waals surface area contributed by atoms with E-state index < -0.39 is 29.5 Å². The van der Waals surface area contributed by atoms with Crippen LogP contribution < -0.4 is 10.6 Å². The summed E-state index contributed by atoms with van der Waals surface area (Å²) in [5.41, 5.74) is -1.21. The first-order chi connectivity index (χ1) is 12.2. The Kier molecular flexibility index (Phi) is 5.97. The highest BCUT2D eigenvalue weighted by Crippen LogP contribution is 2.33. The van der Waals surface area contributed by atoms with E-state index in [1.54, 1.807) is 37.3 Å². The highest BCUT2D eigenvalue weighted by atomic mass is 19.4. The average Bonchev–Trinajstić information content (AvgIpc) is 2.56. The van der Waals surface area contributed by atoms with Gasteiger partial charge < -0.3 is 10.6 Å². The summed E-state index contributed by atoms with van der Waals surface area (Å²) in [6, 6.07) is 10.0. The average molecular weight is 368 g/mol. The predicted octanol–water partition coefficient (Wildman–Crippen LogP) is 3.99. The molecule has 0 aliphatic rings. The van der Waals surface area contributed by atoms with Gasteiger partial charge in [0.05, 0.1) is 5.56 Å². The highest BCUT2D eigenvalue weighted by Gasteiger charge is 2.34. The zero-order valence-electron chi connectivity index (χ0n) is 13.7. The third-order valence-corrected chi connectivity index (χ3v) is 3.46. The molecule has 0 aromatic heterocycles. The number of nitrogens with one attached hydrogen (secondary N) is 2. The van der Waals surface area contributed by atoms with Crippen molar-refractivity contribution in [3.8, 4) is 0 Å². The number of hydrogen-bond acceptors (Lipinski definition) is 2. The van der Waals surface area contributed by atoms with E-state index in [0.717, 1.165) is 6.07 Å². The molecule has 0 bridgehead atoms. The van der Waals surface area contributed by atoms with Crippen molar-refractivity contribution in [1.29, 1.82) is 0 Å². The Morgan fingerprint density at radius 2 is 1.73 bits per heavy atom. The zero-order chi connectivity index (χ0) is 19.3. The number of carbonyl (C=O) groups is 2. The zero-order valence-corrected chi connectivity index (χ0v) is 13.7. The molecule has 2 amide bonds. The number of hydrogen-bond donors (Lipinski definition) is 2. The second-order valence-corrected chi connectivity index (χ2v) is 5.69. The first-order valence-corrected chi connectivity index (χ1v) is 7.69. The van der Waals surface area contributed by atoms with Crippen LogP contribution >= 0.6 is 0 Å². The molecular formula is C18H16F4N2O2. The van der Waals surface area contributed by atoms with Gasteiger partial charge >= 0.3 is 6.18 Å². The normalized spacial score (nSPS) is 12.3. The van der Waals surface area contributed by atoms with Crippen LogP contribution in [0.5, 0.6) is 0 Å². The Bertz CT molecular complexity index is 792. The first-order valence-electron chi connectivity index (χ1n) is 7.69. The Balaban J connectivity index is 1.95. The molecule has 8 heteroatoms. The third-order valence-electron chi connectivity index (χ3n) is 3.46. The lowest BCUT2D eigenvalue weighted by Gasteiger charge is -2.15. The molecule has 2 rings (SSSR count). The summed E-state index contributed by atoms with van der Waals surface area (Å²) < 4.78 is 51.3. The standard InChI is InChI=1S/C18H16F4N2O2/c1-11(23-17(26)12-5-3-2-4-6-12)9-16(25)24-13-7-8-15(19)14(10-13)18(20,21)22/h2-8,10-11H,9H2,1H3,(H,23,26)(H,24,25). The molecule has 0 heterocycles. The van der Waals surface area contributed by atoms with Crippen molar-refractivity contribution in [2.75, 3.05) is 5.32 Å². The summed E-state index contributed by atoms with van der Waals surface area (Å²) in [5, 5.41) is 4.89. The van der Waals surface area contributed by atoms with Crippen molar-refractivity contribution in [3.63, 3.8) is 0 Å². The number of amides is 2. The Hall–Kier alpha value is -2.90. The van der Waals surface area contributed by atoms with Gasteiger partial charge in [-0.15, -0.1) is 0 Å². The monoisotopic (exact) mass is 368 g/mol. The van der Waals surface area contributed by atoms with Gasteiger partial charge in [0.1, 0.15) is 5.82 Å². The van der Waals surface area contributed by atoms with E-state index in [2.05, 4.69) is 10.6 Å². The van der Waals surface area contributed by atoms with E-state index in [1.807, 2.05) is 0 Å². The van der Waals surface area contributed by atoms with E-state index >= 15 is 0 Å². The van der Waals surface area contributed by atoms with E-state index in [1.165, 1.54) is 0 Å². The molecule has 0 fully saturated rings. The summed E-state index contributed by atoms with van der Waals surface area (Å²) in [7, 11) is 0. The van der Waals surface area contributed by atoms with Gasteiger partial charge in [-0.1, -0.05) is 18.2 Å². The van der Waals surface area contributed by atoms with Gasteiger partial charge in [0, 0.05) is 23.7 Å². The molecule has 0 saturated carbocycles. The summed E-state index contributed by atoms with van der Waals surface area (Å²) in [6.07, 6.45) is -5.01. The minimum atomic E-state index is -4.86. The van der Waals surface area contributed by atoms with Gasteiger partial charge in [-0.2, -0.15) is 13.2 Å². The van der Waals surface area contributed by atoms with E-state index in [-0.39, 0.29) is 18.0 Å². The Morgan fingerprint density at radius 3 is 2.35 bits per heavy atom. The van der Waals surface area contributed by atoms with Crippen LogP contribution in [0.2, 0.25) is 0 Å². The fourth-order valence-corrected chi connectivity index (χ4v) is 2.26. The van der Waals surface area contributed by atoms with Gasteiger partial charge in [0.25, 0.3) is 5.91 Å². The van der Waals surface area contributed by atoms with Crippen LogP contribution in [-0.2, 0) is 11.0 Å². The van der Waals surface area contributed by atoms with Crippen molar-refractivity contribution < 1.29 is 27.2 Å². The van der Waals surface area contributed by atoms with Crippen molar-refractivity contribution >= 4 is 17.5 Å².